The molecule has 0 N–H and O–H groups in total. The first-order chi connectivity index (χ1) is 10.3. The van der Waals surface area contributed by atoms with Crippen LogP contribution in [0.5, 0.6) is 0 Å². The number of rotatable bonds is 14. The second-order valence-electron chi connectivity index (χ2n) is 6.94. The van der Waals surface area contributed by atoms with Gasteiger partial charge in [-0.1, -0.05) is 26.7 Å². The maximum atomic E-state index is 5.42. The molecule has 2 aliphatic heterocycles. The molecule has 0 spiro atoms. The zero-order valence-electron chi connectivity index (χ0n) is 14.2. The van der Waals surface area contributed by atoms with Crippen molar-refractivity contribution in [3.63, 3.8) is 0 Å². The first kappa shape index (κ1) is 17.2. The van der Waals surface area contributed by atoms with Crippen molar-refractivity contribution >= 4 is 0 Å². The first-order valence-electron chi connectivity index (χ1n) is 9.27. The third-order valence-electron chi connectivity index (χ3n) is 4.74. The Morgan fingerprint density at radius 3 is 1.76 bits per heavy atom. The molecule has 2 heterocycles. The summed E-state index contributed by atoms with van der Waals surface area (Å²) < 4.78 is 10.8. The fraction of sp³-hybridized carbons (Fsp3) is 1.00. The van der Waals surface area contributed by atoms with Crippen LogP contribution in [0.2, 0.25) is 0 Å². The minimum absolute atomic E-state index is 0.574. The molecule has 2 unspecified atom stereocenters. The van der Waals surface area contributed by atoms with Crippen LogP contribution >= 0.6 is 0 Å². The molecule has 2 atom stereocenters. The maximum Gasteiger partial charge on any atom is 0.0812 e. The number of hydrogen-bond acceptors (Lipinski definition) is 3. The predicted octanol–water partition coefficient (Wildman–Crippen LogP) is 3.86. The van der Waals surface area contributed by atoms with Gasteiger partial charge in [-0.15, -0.1) is 0 Å². The fourth-order valence-electron chi connectivity index (χ4n) is 3.19. The average molecular weight is 297 g/mol. The van der Waals surface area contributed by atoms with Gasteiger partial charge in [-0.05, 0) is 64.1 Å². The average Bonchev–Trinajstić information content (AvgIpc) is 3.37. The summed E-state index contributed by atoms with van der Waals surface area (Å²) in [5, 5.41) is 0. The molecule has 2 saturated heterocycles. The van der Waals surface area contributed by atoms with Gasteiger partial charge >= 0.3 is 0 Å². The molecule has 2 rings (SSSR count). The summed E-state index contributed by atoms with van der Waals surface area (Å²) >= 11 is 0. The van der Waals surface area contributed by atoms with Crippen LogP contribution in [0, 0.1) is 5.92 Å². The molecule has 124 valence electrons. The van der Waals surface area contributed by atoms with Gasteiger partial charge in [0.1, 0.15) is 0 Å². The lowest BCUT2D eigenvalue weighted by molar-refractivity contribution is 0.240. The van der Waals surface area contributed by atoms with E-state index in [1.54, 1.807) is 0 Å². The van der Waals surface area contributed by atoms with Gasteiger partial charge in [-0.25, -0.2) is 0 Å². The number of nitrogens with zero attached hydrogens (tertiary/aromatic N) is 1. The van der Waals surface area contributed by atoms with E-state index in [1.165, 1.54) is 71.0 Å². The molecule has 0 saturated carbocycles. The molecule has 2 aliphatic rings. The van der Waals surface area contributed by atoms with Gasteiger partial charge in [-0.3, -0.25) is 0 Å². The zero-order chi connectivity index (χ0) is 14.9. The summed E-state index contributed by atoms with van der Waals surface area (Å²) in [6, 6.07) is 0. The normalized spacial score (nSPS) is 25.3. The number of ether oxygens (including phenoxy) is 2. The third kappa shape index (κ3) is 8.18. The molecule has 2 fully saturated rings. The lowest BCUT2D eigenvalue weighted by Gasteiger charge is -2.23. The van der Waals surface area contributed by atoms with Crippen LogP contribution < -0.4 is 0 Å². The van der Waals surface area contributed by atoms with E-state index in [9.17, 15) is 0 Å². The molecule has 3 heteroatoms. The summed E-state index contributed by atoms with van der Waals surface area (Å²) in [7, 11) is 0. The van der Waals surface area contributed by atoms with Gasteiger partial charge in [0.15, 0.2) is 0 Å². The predicted molar refractivity (Wildman–Crippen MR) is 87.7 cm³/mol. The SMILES string of the molecule is CCCCN(CCCC)CCCC(CC1CO1)CC1CO1. The van der Waals surface area contributed by atoms with Crippen LogP contribution in [0.3, 0.4) is 0 Å². The second kappa shape index (κ2) is 9.81. The first-order valence-corrected chi connectivity index (χ1v) is 9.27. The van der Waals surface area contributed by atoms with Crippen LogP contribution in [0.1, 0.15) is 65.2 Å². The molecule has 0 aliphatic carbocycles. The summed E-state index contributed by atoms with van der Waals surface area (Å²) in [5.74, 6) is 0.823. The summed E-state index contributed by atoms with van der Waals surface area (Å²) in [5.41, 5.74) is 0. The molecule has 3 nitrogen and oxygen atoms in total. The Balaban J connectivity index is 1.61. The Labute approximate surface area is 131 Å². The van der Waals surface area contributed by atoms with Crippen molar-refractivity contribution in [3.05, 3.63) is 0 Å². The van der Waals surface area contributed by atoms with Gasteiger partial charge < -0.3 is 14.4 Å². The van der Waals surface area contributed by atoms with Crippen LogP contribution in [-0.2, 0) is 9.47 Å². The summed E-state index contributed by atoms with van der Waals surface area (Å²) in [6.45, 7) is 10.5. The molecule has 0 bridgehead atoms. The molecular formula is C18H35NO2. The molecule has 21 heavy (non-hydrogen) atoms. The molecule has 0 amide bonds. The van der Waals surface area contributed by atoms with Gasteiger partial charge in [0.25, 0.3) is 0 Å². The van der Waals surface area contributed by atoms with Crippen molar-refractivity contribution in [2.24, 2.45) is 5.92 Å². The van der Waals surface area contributed by atoms with Crippen molar-refractivity contribution in [2.75, 3.05) is 32.8 Å². The van der Waals surface area contributed by atoms with Crippen LogP contribution in [0.4, 0.5) is 0 Å². The Hall–Kier alpha value is -0.120. The lowest BCUT2D eigenvalue weighted by Crippen LogP contribution is -2.27. The van der Waals surface area contributed by atoms with Crippen molar-refractivity contribution < 1.29 is 9.47 Å². The quantitative estimate of drug-likeness (QED) is 0.456. The minimum atomic E-state index is 0.574. The van der Waals surface area contributed by atoms with Gasteiger partial charge in [0, 0.05) is 0 Å². The van der Waals surface area contributed by atoms with E-state index in [1.807, 2.05) is 0 Å². The van der Waals surface area contributed by atoms with E-state index in [0.29, 0.717) is 12.2 Å². The monoisotopic (exact) mass is 297 g/mol. The summed E-state index contributed by atoms with van der Waals surface area (Å²) in [6.07, 6.45) is 11.7. The van der Waals surface area contributed by atoms with E-state index < -0.39 is 0 Å². The van der Waals surface area contributed by atoms with E-state index >= 15 is 0 Å². The maximum absolute atomic E-state index is 5.42. The van der Waals surface area contributed by atoms with Crippen LogP contribution in [-0.4, -0.2) is 50.0 Å². The highest BCUT2D eigenvalue weighted by atomic mass is 16.6. The van der Waals surface area contributed by atoms with Gasteiger partial charge in [-0.2, -0.15) is 0 Å². The molecule has 0 aromatic heterocycles. The van der Waals surface area contributed by atoms with Crippen molar-refractivity contribution in [3.8, 4) is 0 Å². The topological polar surface area (TPSA) is 28.3 Å². The number of hydrogen-bond donors (Lipinski definition) is 0. The Bertz CT molecular complexity index is 242. The highest BCUT2D eigenvalue weighted by molar-refractivity contribution is 4.80. The smallest absolute Gasteiger partial charge is 0.0812 e. The van der Waals surface area contributed by atoms with E-state index in [0.717, 1.165) is 19.1 Å². The standard InChI is InChI=1S/C18H35NO2/c1-3-5-9-19(10-6-4-2)11-7-8-16(12-17-14-20-17)13-18-15-21-18/h16-18H,3-15H2,1-2H3. The Morgan fingerprint density at radius 1 is 0.857 bits per heavy atom. The molecule has 0 aromatic rings. The van der Waals surface area contributed by atoms with Crippen molar-refractivity contribution in [1.82, 2.24) is 4.90 Å². The van der Waals surface area contributed by atoms with Gasteiger partial charge in [0.05, 0.1) is 25.4 Å². The molecule has 0 radical (unpaired) electrons. The van der Waals surface area contributed by atoms with E-state index in [2.05, 4.69) is 18.7 Å². The zero-order valence-corrected chi connectivity index (χ0v) is 14.2. The van der Waals surface area contributed by atoms with Crippen molar-refractivity contribution in [1.29, 1.82) is 0 Å². The highest BCUT2D eigenvalue weighted by Gasteiger charge is 2.31. The third-order valence-corrected chi connectivity index (χ3v) is 4.74. The van der Waals surface area contributed by atoms with Gasteiger partial charge in [0.2, 0.25) is 0 Å². The number of unbranched alkanes of at least 4 members (excludes halogenated alkanes) is 2. The largest absolute Gasteiger partial charge is 0.373 e. The molecular weight excluding hydrogens is 262 g/mol. The second-order valence-corrected chi connectivity index (χ2v) is 6.94. The fourth-order valence-corrected chi connectivity index (χ4v) is 3.19. The van der Waals surface area contributed by atoms with E-state index in [4.69, 9.17) is 9.47 Å². The Kier molecular flexibility index (Phi) is 8.05. The van der Waals surface area contributed by atoms with Crippen molar-refractivity contribution in [2.45, 2.75) is 77.4 Å². The van der Waals surface area contributed by atoms with Crippen LogP contribution in [0.15, 0.2) is 0 Å². The van der Waals surface area contributed by atoms with Crippen LogP contribution in [0.25, 0.3) is 0 Å². The minimum Gasteiger partial charge on any atom is -0.373 e. The number of epoxide rings is 2. The highest BCUT2D eigenvalue weighted by Crippen LogP contribution is 2.30. The lowest BCUT2D eigenvalue weighted by atomic mass is 9.93. The summed E-state index contributed by atoms with van der Waals surface area (Å²) in [4.78, 5) is 2.69. The van der Waals surface area contributed by atoms with E-state index in [-0.39, 0.29) is 0 Å². The molecule has 0 aromatic carbocycles. The Morgan fingerprint density at radius 2 is 1.33 bits per heavy atom.